The van der Waals surface area contributed by atoms with Gasteiger partial charge in [0, 0.05) is 17.6 Å². The van der Waals surface area contributed by atoms with E-state index in [2.05, 4.69) is 5.10 Å². The van der Waals surface area contributed by atoms with E-state index in [1.54, 1.807) is 36.1 Å². The molecule has 7 nitrogen and oxygen atoms in total. The molecular formula is C23H23N3O4. The van der Waals surface area contributed by atoms with Gasteiger partial charge in [-0.05, 0) is 44.9 Å². The van der Waals surface area contributed by atoms with Gasteiger partial charge in [0.15, 0.2) is 11.8 Å². The van der Waals surface area contributed by atoms with Gasteiger partial charge in [-0.3, -0.25) is 9.59 Å². The van der Waals surface area contributed by atoms with Gasteiger partial charge < -0.3 is 9.64 Å². The number of fused-ring (bicyclic) bond motifs is 2. The number of carbonyl (C=O) groups excluding carboxylic acids is 2. The molecule has 0 radical (unpaired) electrons. The molecule has 1 aliphatic rings. The second kappa shape index (κ2) is 7.74. The first kappa shape index (κ1) is 19.8. The zero-order valence-corrected chi connectivity index (χ0v) is 17.2. The van der Waals surface area contributed by atoms with Crippen LogP contribution in [0.25, 0.3) is 10.8 Å². The number of esters is 1. The van der Waals surface area contributed by atoms with Crippen LogP contribution in [0.5, 0.6) is 0 Å². The quantitative estimate of drug-likeness (QED) is 0.623. The highest BCUT2D eigenvalue weighted by Crippen LogP contribution is 2.28. The molecule has 30 heavy (non-hydrogen) atoms. The lowest BCUT2D eigenvalue weighted by molar-refractivity contribution is -0.126. The standard InChI is InChI=1S/C23H23N3O4/c1-14(2)26-22(28)18-10-6-5-9-17(18)20(24-26)23(29)30-15(3)21(27)25-13-12-16-8-4-7-11-19(16)25/h4-11,14-15H,12-13H2,1-3H3/t15-/m1/s1. The van der Waals surface area contributed by atoms with Crippen molar-refractivity contribution in [3.05, 3.63) is 70.1 Å². The van der Waals surface area contributed by atoms with Crippen LogP contribution in [-0.2, 0) is 16.0 Å². The Labute approximate surface area is 173 Å². The van der Waals surface area contributed by atoms with E-state index in [4.69, 9.17) is 4.74 Å². The van der Waals surface area contributed by atoms with Crippen molar-refractivity contribution in [2.75, 3.05) is 11.4 Å². The highest BCUT2D eigenvalue weighted by molar-refractivity contribution is 6.04. The Balaban J connectivity index is 1.63. The predicted molar refractivity (Wildman–Crippen MR) is 114 cm³/mol. The summed E-state index contributed by atoms with van der Waals surface area (Å²) in [6.07, 6.45) is -0.211. The molecule has 1 aromatic heterocycles. The SMILES string of the molecule is CC(C)n1nc(C(=O)O[C@H](C)C(=O)N2CCc3ccccc32)c2ccccc2c1=O. The number of anilines is 1. The number of para-hydroxylation sites is 1. The van der Waals surface area contributed by atoms with Crippen molar-refractivity contribution in [2.45, 2.75) is 39.3 Å². The Morgan fingerprint density at radius 3 is 2.40 bits per heavy atom. The minimum absolute atomic E-state index is 0.0281. The van der Waals surface area contributed by atoms with E-state index in [-0.39, 0.29) is 23.2 Å². The van der Waals surface area contributed by atoms with Crippen LogP contribution < -0.4 is 10.5 Å². The van der Waals surface area contributed by atoms with E-state index < -0.39 is 12.1 Å². The topological polar surface area (TPSA) is 81.5 Å². The van der Waals surface area contributed by atoms with Crippen molar-refractivity contribution in [1.82, 2.24) is 9.78 Å². The zero-order chi connectivity index (χ0) is 21.4. The molecule has 0 spiro atoms. The Morgan fingerprint density at radius 1 is 1.00 bits per heavy atom. The van der Waals surface area contributed by atoms with Crippen LogP contribution in [-0.4, -0.2) is 34.3 Å². The fourth-order valence-corrected chi connectivity index (χ4v) is 3.76. The maximum absolute atomic E-state index is 12.9. The molecule has 0 aliphatic carbocycles. The Bertz CT molecular complexity index is 1200. The summed E-state index contributed by atoms with van der Waals surface area (Å²) in [6.45, 7) is 5.74. The Kier molecular flexibility index (Phi) is 5.11. The third-order valence-electron chi connectivity index (χ3n) is 5.30. The van der Waals surface area contributed by atoms with Gasteiger partial charge in [0.05, 0.1) is 11.4 Å². The summed E-state index contributed by atoms with van der Waals surface area (Å²) < 4.78 is 6.77. The van der Waals surface area contributed by atoms with Gasteiger partial charge in [-0.2, -0.15) is 5.10 Å². The van der Waals surface area contributed by atoms with Gasteiger partial charge in [0.1, 0.15) is 0 Å². The van der Waals surface area contributed by atoms with Crippen molar-refractivity contribution in [3.8, 4) is 0 Å². The third kappa shape index (κ3) is 3.36. The average molecular weight is 405 g/mol. The lowest BCUT2D eigenvalue weighted by Crippen LogP contribution is -2.39. The minimum Gasteiger partial charge on any atom is -0.448 e. The van der Waals surface area contributed by atoms with Crippen LogP contribution in [0.4, 0.5) is 5.69 Å². The normalized spacial score (nSPS) is 14.1. The molecule has 7 heteroatoms. The largest absolute Gasteiger partial charge is 0.448 e. The van der Waals surface area contributed by atoms with E-state index in [1.165, 1.54) is 4.68 Å². The van der Waals surface area contributed by atoms with Crippen molar-refractivity contribution >= 4 is 28.3 Å². The molecule has 0 unspecified atom stereocenters. The number of amides is 1. The average Bonchev–Trinajstić information content (AvgIpc) is 3.17. The molecule has 0 fully saturated rings. The Hall–Kier alpha value is -3.48. The number of benzene rings is 2. The van der Waals surface area contributed by atoms with Crippen LogP contribution in [0.2, 0.25) is 0 Å². The predicted octanol–water partition coefficient (Wildman–Crippen LogP) is 3.11. The highest BCUT2D eigenvalue weighted by atomic mass is 16.5. The molecule has 0 bridgehead atoms. The third-order valence-corrected chi connectivity index (χ3v) is 5.30. The van der Waals surface area contributed by atoms with Crippen molar-refractivity contribution in [1.29, 1.82) is 0 Å². The number of hydrogen-bond acceptors (Lipinski definition) is 5. The molecule has 0 saturated heterocycles. The lowest BCUT2D eigenvalue weighted by atomic mass is 10.1. The summed E-state index contributed by atoms with van der Waals surface area (Å²) in [4.78, 5) is 40.2. The van der Waals surface area contributed by atoms with Crippen LogP contribution in [0.1, 0.15) is 42.9 Å². The Morgan fingerprint density at radius 2 is 1.67 bits per heavy atom. The van der Waals surface area contributed by atoms with Crippen molar-refractivity contribution in [2.24, 2.45) is 0 Å². The molecule has 1 aliphatic heterocycles. The number of ether oxygens (including phenoxy) is 1. The molecular weight excluding hydrogens is 382 g/mol. The van der Waals surface area contributed by atoms with Crippen LogP contribution in [0, 0.1) is 0 Å². The van der Waals surface area contributed by atoms with Crippen molar-refractivity contribution in [3.63, 3.8) is 0 Å². The maximum Gasteiger partial charge on any atom is 0.360 e. The number of carbonyl (C=O) groups is 2. The van der Waals surface area contributed by atoms with Gasteiger partial charge >= 0.3 is 5.97 Å². The van der Waals surface area contributed by atoms with Gasteiger partial charge in [-0.25, -0.2) is 9.48 Å². The molecule has 4 rings (SSSR count). The molecule has 3 aromatic rings. The monoisotopic (exact) mass is 405 g/mol. The number of hydrogen-bond donors (Lipinski definition) is 0. The summed E-state index contributed by atoms with van der Waals surface area (Å²) in [7, 11) is 0. The van der Waals surface area contributed by atoms with E-state index >= 15 is 0 Å². The summed E-state index contributed by atoms with van der Waals surface area (Å²) in [5.74, 6) is -1.01. The fourth-order valence-electron chi connectivity index (χ4n) is 3.76. The molecule has 1 atom stereocenters. The summed E-state index contributed by atoms with van der Waals surface area (Å²) in [5, 5.41) is 5.05. The van der Waals surface area contributed by atoms with Gasteiger partial charge in [0.2, 0.25) is 0 Å². The second-order valence-corrected chi connectivity index (χ2v) is 7.65. The van der Waals surface area contributed by atoms with Crippen molar-refractivity contribution < 1.29 is 14.3 Å². The van der Waals surface area contributed by atoms with Gasteiger partial charge in [0.25, 0.3) is 11.5 Å². The highest BCUT2D eigenvalue weighted by Gasteiger charge is 2.31. The number of aromatic nitrogens is 2. The van der Waals surface area contributed by atoms with Gasteiger partial charge in [-0.1, -0.05) is 36.4 Å². The zero-order valence-electron chi connectivity index (χ0n) is 17.2. The van der Waals surface area contributed by atoms with Crippen LogP contribution in [0.3, 0.4) is 0 Å². The molecule has 154 valence electrons. The molecule has 1 amide bonds. The summed E-state index contributed by atoms with van der Waals surface area (Å²) >= 11 is 0. The molecule has 0 N–H and O–H groups in total. The lowest BCUT2D eigenvalue weighted by Gasteiger charge is -2.22. The van der Waals surface area contributed by atoms with E-state index in [0.717, 1.165) is 17.7 Å². The van der Waals surface area contributed by atoms with E-state index in [9.17, 15) is 14.4 Å². The maximum atomic E-state index is 12.9. The molecule has 0 saturated carbocycles. The fraction of sp³-hybridized carbons (Fsp3) is 0.304. The summed E-state index contributed by atoms with van der Waals surface area (Å²) in [6, 6.07) is 14.3. The van der Waals surface area contributed by atoms with E-state index in [0.29, 0.717) is 17.3 Å². The summed E-state index contributed by atoms with van der Waals surface area (Å²) in [5.41, 5.74) is 1.71. The van der Waals surface area contributed by atoms with Crippen LogP contribution in [0.15, 0.2) is 53.3 Å². The molecule has 2 aromatic carbocycles. The van der Waals surface area contributed by atoms with E-state index in [1.807, 2.05) is 38.1 Å². The number of rotatable bonds is 4. The first-order valence-corrected chi connectivity index (χ1v) is 10.0. The smallest absolute Gasteiger partial charge is 0.360 e. The van der Waals surface area contributed by atoms with Crippen LogP contribution >= 0.6 is 0 Å². The second-order valence-electron chi connectivity index (χ2n) is 7.65. The minimum atomic E-state index is -0.983. The van der Waals surface area contributed by atoms with Gasteiger partial charge in [-0.15, -0.1) is 0 Å². The first-order chi connectivity index (χ1) is 14.4. The number of nitrogens with zero attached hydrogens (tertiary/aromatic N) is 3. The molecule has 2 heterocycles. The first-order valence-electron chi connectivity index (χ1n) is 10.0.